The summed E-state index contributed by atoms with van der Waals surface area (Å²) in [7, 11) is 0. The first-order valence-electron chi connectivity index (χ1n) is 6.65. The molecule has 5 nitrogen and oxygen atoms in total. The number of nitrogens with zero attached hydrogens (tertiary/aromatic N) is 1. The Morgan fingerprint density at radius 2 is 1.78 bits per heavy atom. The van der Waals surface area contributed by atoms with Crippen LogP contribution in [-0.2, 0) is 14.3 Å². The summed E-state index contributed by atoms with van der Waals surface area (Å²) in [4.78, 5) is 24.9. The van der Waals surface area contributed by atoms with Crippen LogP contribution >= 0.6 is 0 Å². The minimum atomic E-state index is -0.308. The van der Waals surface area contributed by atoms with Gasteiger partial charge in [-0.25, -0.2) is 0 Å². The molecule has 0 aromatic heterocycles. The van der Waals surface area contributed by atoms with Crippen LogP contribution in [0.2, 0.25) is 0 Å². The van der Waals surface area contributed by atoms with Crippen LogP contribution < -0.4 is 0 Å². The fourth-order valence-corrected chi connectivity index (χ4v) is 1.81. The molecule has 0 aliphatic rings. The second-order valence-corrected chi connectivity index (χ2v) is 4.12. The Labute approximate surface area is 109 Å². The molecule has 0 saturated carbocycles. The Bertz CT molecular complexity index is 251. The Morgan fingerprint density at radius 3 is 2.22 bits per heavy atom. The van der Waals surface area contributed by atoms with Crippen LogP contribution in [0.3, 0.4) is 0 Å². The zero-order valence-corrected chi connectivity index (χ0v) is 11.6. The van der Waals surface area contributed by atoms with Gasteiger partial charge in [-0.3, -0.25) is 9.59 Å². The van der Waals surface area contributed by atoms with Crippen LogP contribution in [0, 0.1) is 5.92 Å². The number of ether oxygens (including phenoxy) is 1. The van der Waals surface area contributed by atoms with E-state index in [0.717, 1.165) is 12.8 Å². The highest BCUT2D eigenvalue weighted by molar-refractivity contribution is 5.79. The number of hydrogen-bond acceptors (Lipinski definition) is 4. The number of carbonyl (C=O) groups excluding carboxylic acids is 2. The zero-order valence-electron chi connectivity index (χ0n) is 11.6. The van der Waals surface area contributed by atoms with E-state index in [0.29, 0.717) is 13.2 Å². The van der Waals surface area contributed by atoms with Crippen molar-refractivity contribution in [2.45, 2.75) is 40.0 Å². The number of aliphatic hydroxyl groups excluding tert-OH is 1. The van der Waals surface area contributed by atoms with E-state index in [-0.39, 0.29) is 37.4 Å². The van der Waals surface area contributed by atoms with E-state index in [1.165, 1.54) is 0 Å². The lowest BCUT2D eigenvalue weighted by molar-refractivity contribution is -0.144. The van der Waals surface area contributed by atoms with Gasteiger partial charge in [0.05, 0.1) is 19.6 Å². The molecule has 0 rings (SSSR count). The molecule has 18 heavy (non-hydrogen) atoms. The predicted molar refractivity (Wildman–Crippen MR) is 69.0 cm³/mol. The summed E-state index contributed by atoms with van der Waals surface area (Å²) in [6, 6.07) is 0. The molecule has 1 amide bonds. The largest absolute Gasteiger partial charge is 0.466 e. The fraction of sp³-hybridized carbons (Fsp3) is 0.846. The van der Waals surface area contributed by atoms with E-state index in [9.17, 15) is 9.59 Å². The molecule has 0 bridgehead atoms. The van der Waals surface area contributed by atoms with Crippen LogP contribution in [0.15, 0.2) is 0 Å². The Hall–Kier alpha value is -1.10. The van der Waals surface area contributed by atoms with Gasteiger partial charge in [0.2, 0.25) is 5.91 Å². The van der Waals surface area contributed by atoms with Crippen molar-refractivity contribution in [3.05, 3.63) is 0 Å². The smallest absolute Gasteiger partial charge is 0.307 e. The van der Waals surface area contributed by atoms with Gasteiger partial charge in [-0.2, -0.15) is 0 Å². The summed E-state index contributed by atoms with van der Waals surface area (Å²) in [5, 5.41) is 8.97. The van der Waals surface area contributed by atoms with Crippen molar-refractivity contribution < 1.29 is 19.4 Å². The van der Waals surface area contributed by atoms with E-state index < -0.39 is 0 Å². The molecule has 5 heteroatoms. The van der Waals surface area contributed by atoms with Crippen molar-refractivity contribution in [1.29, 1.82) is 0 Å². The van der Waals surface area contributed by atoms with Crippen LogP contribution in [0.5, 0.6) is 0 Å². The topological polar surface area (TPSA) is 66.8 Å². The summed E-state index contributed by atoms with van der Waals surface area (Å²) in [6.45, 7) is 6.53. The number of rotatable bonds is 9. The maximum atomic E-state index is 12.1. The molecule has 106 valence electrons. The number of carbonyl (C=O) groups is 2. The normalized spacial score (nSPS) is 10.5. The Morgan fingerprint density at radius 1 is 1.17 bits per heavy atom. The minimum Gasteiger partial charge on any atom is -0.466 e. The molecule has 0 heterocycles. The van der Waals surface area contributed by atoms with Crippen molar-refractivity contribution in [3.63, 3.8) is 0 Å². The van der Waals surface area contributed by atoms with Gasteiger partial charge >= 0.3 is 5.97 Å². The van der Waals surface area contributed by atoms with Crippen molar-refractivity contribution in [2.75, 3.05) is 26.3 Å². The maximum Gasteiger partial charge on any atom is 0.307 e. The van der Waals surface area contributed by atoms with Crippen molar-refractivity contribution in [1.82, 2.24) is 4.90 Å². The van der Waals surface area contributed by atoms with Crippen molar-refractivity contribution >= 4 is 11.9 Å². The first kappa shape index (κ1) is 16.9. The summed E-state index contributed by atoms with van der Waals surface area (Å²) < 4.78 is 4.82. The van der Waals surface area contributed by atoms with Crippen molar-refractivity contribution in [3.8, 4) is 0 Å². The highest BCUT2D eigenvalue weighted by Gasteiger charge is 2.21. The number of esters is 1. The second-order valence-electron chi connectivity index (χ2n) is 4.12. The van der Waals surface area contributed by atoms with E-state index >= 15 is 0 Å². The monoisotopic (exact) mass is 259 g/mol. The molecule has 0 aliphatic heterocycles. The zero-order chi connectivity index (χ0) is 14.0. The second kappa shape index (κ2) is 9.88. The van der Waals surface area contributed by atoms with E-state index in [4.69, 9.17) is 9.84 Å². The number of aliphatic hydroxyl groups is 1. The number of amides is 1. The highest BCUT2D eigenvalue weighted by atomic mass is 16.5. The van der Waals surface area contributed by atoms with Gasteiger partial charge in [0, 0.05) is 19.0 Å². The van der Waals surface area contributed by atoms with Gasteiger partial charge in [0.15, 0.2) is 0 Å². The highest BCUT2D eigenvalue weighted by Crippen LogP contribution is 2.12. The summed E-state index contributed by atoms with van der Waals surface area (Å²) in [6.07, 6.45) is 1.73. The van der Waals surface area contributed by atoms with Gasteiger partial charge in [0.25, 0.3) is 0 Å². The molecule has 0 aromatic rings. The average molecular weight is 259 g/mol. The average Bonchev–Trinajstić information content (AvgIpc) is 2.36. The molecule has 1 N–H and O–H groups in total. The Balaban J connectivity index is 4.36. The molecule has 0 spiro atoms. The standard InChI is InChI=1S/C13H25NO4/c1-4-11(5-2)13(17)14(9-10-15)8-7-12(16)18-6-3/h11,15H,4-10H2,1-3H3. The Kier molecular flexibility index (Phi) is 9.28. The first-order valence-corrected chi connectivity index (χ1v) is 6.65. The van der Waals surface area contributed by atoms with Gasteiger partial charge in [-0.15, -0.1) is 0 Å². The van der Waals surface area contributed by atoms with Crippen molar-refractivity contribution in [2.24, 2.45) is 5.92 Å². The van der Waals surface area contributed by atoms with Crippen LogP contribution in [-0.4, -0.2) is 48.2 Å². The quantitative estimate of drug-likeness (QED) is 0.632. The molecule has 0 aliphatic carbocycles. The molecule has 0 aromatic carbocycles. The van der Waals surface area contributed by atoms with E-state index in [1.807, 2.05) is 13.8 Å². The third-order valence-corrected chi connectivity index (χ3v) is 2.91. The van der Waals surface area contributed by atoms with Crippen LogP contribution in [0.1, 0.15) is 40.0 Å². The van der Waals surface area contributed by atoms with Crippen LogP contribution in [0.4, 0.5) is 0 Å². The SMILES string of the molecule is CCOC(=O)CCN(CCO)C(=O)C(CC)CC. The minimum absolute atomic E-state index is 0.0124. The lowest BCUT2D eigenvalue weighted by atomic mass is 10.0. The molecule has 0 radical (unpaired) electrons. The van der Waals surface area contributed by atoms with Gasteiger partial charge in [-0.05, 0) is 19.8 Å². The van der Waals surface area contributed by atoms with Gasteiger partial charge in [0.1, 0.15) is 0 Å². The molecule has 0 saturated heterocycles. The van der Waals surface area contributed by atoms with Gasteiger partial charge < -0.3 is 14.7 Å². The third kappa shape index (κ3) is 6.00. The molecule has 0 unspecified atom stereocenters. The lowest BCUT2D eigenvalue weighted by Gasteiger charge is -2.25. The van der Waals surface area contributed by atoms with Crippen LogP contribution in [0.25, 0.3) is 0 Å². The molecular formula is C13H25NO4. The maximum absolute atomic E-state index is 12.1. The first-order chi connectivity index (χ1) is 8.60. The molecule has 0 atom stereocenters. The molecular weight excluding hydrogens is 234 g/mol. The van der Waals surface area contributed by atoms with Gasteiger partial charge in [-0.1, -0.05) is 13.8 Å². The summed E-state index contributed by atoms with van der Waals surface area (Å²) in [5.41, 5.74) is 0. The predicted octanol–water partition coefficient (Wildman–Crippen LogP) is 1.20. The lowest BCUT2D eigenvalue weighted by Crippen LogP contribution is -2.39. The summed E-state index contributed by atoms with van der Waals surface area (Å²) in [5.74, 6) is -0.324. The van der Waals surface area contributed by atoms with E-state index in [2.05, 4.69) is 0 Å². The third-order valence-electron chi connectivity index (χ3n) is 2.91. The molecule has 0 fully saturated rings. The van der Waals surface area contributed by atoms with E-state index in [1.54, 1.807) is 11.8 Å². The number of hydrogen-bond donors (Lipinski definition) is 1. The summed E-state index contributed by atoms with van der Waals surface area (Å²) >= 11 is 0. The fourth-order valence-electron chi connectivity index (χ4n) is 1.81.